The number of amides is 1. The van der Waals surface area contributed by atoms with Crippen LogP contribution in [-0.2, 0) is 6.54 Å². The minimum absolute atomic E-state index is 0.352. The van der Waals surface area contributed by atoms with Gasteiger partial charge in [0.25, 0.3) is 5.91 Å². The van der Waals surface area contributed by atoms with Gasteiger partial charge < -0.3 is 5.73 Å². The van der Waals surface area contributed by atoms with Gasteiger partial charge in [-0.05, 0) is 19.4 Å². The van der Waals surface area contributed by atoms with Gasteiger partial charge >= 0.3 is 0 Å². The molecule has 0 unspecified atom stereocenters. The van der Waals surface area contributed by atoms with E-state index in [1.54, 1.807) is 0 Å². The topological polar surface area (TPSA) is 60.9 Å². The monoisotopic (exact) mass is 279 g/mol. The number of carbonyl (C=O) groups is 1. The highest BCUT2D eigenvalue weighted by molar-refractivity contribution is 7.20. The molecule has 0 fully saturated rings. The van der Waals surface area contributed by atoms with Crippen molar-refractivity contribution in [1.29, 1.82) is 0 Å². The van der Waals surface area contributed by atoms with Crippen molar-refractivity contribution in [2.75, 3.05) is 0 Å². The van der Waals surface area contributed by atoms with Crippen molar-refractivity contribution in [2.45, 2.75) is 52.5 Å². The molecule has 1 amide bonds. The largest absolute Gasteiger partial charge is 0.365 e. The van der Waals surface area contributed by atoms with E-state index in [-0.39, 0.29) is 5.91 Å². The number of carbonyl (C=O) groups excluding carboxylic acids is 1. The second kappa shape index (κ2) is 6.19. The Bertz CT molecular complexity index is 571. The Hall–Kier alpha value is -1.36. The number of thiophene rings is 1. The number of primary amides is 1. The van der Waals surface area contributed by atoms with Crippen LogP contribution in [0.25, 0.3) is 10.2 Å². The normalized spacial score (nSPS) is 11.3. The maximum absolute atomic E-state index is 11.2. The van der Waals surface area contributed by atoms with Crippen LogP contribution in [0.1, 0.15) is 54.4 Å². The minimum Gasteiger partial charge on any atom is -0.365 e. The Kier molecular flexibility index (Phi) is 4.58. The van der Waals surface area contributed by atoms with Gasteiger partial charge in [-0.25, -0.2) is 0 Å². The number of nitrogens with two attached hydrogens (primary N) is 1. The SMILES string of the molecule is CCCCCCCn1nc(C)c2cc(C(N)=O)sc21. The fourth-order valence-corrected chi connectivity index (χ4v) is 3.29. The molecule has 0 aliphatic heterocycles. The fraction of sp³-hybridized carbons (Fsp3) is 0.571. The third-order valence-corrected chi connectivity index (χ3v) is 4.49. The van der Waals surface area contributed by atoms with Gasteiger partial charge in [0.15, 0.2) is 0 Å². The summed E-state index contributed by atoms with van der Waals surface area (Å²) in [5.41, 5.74) is 6.31. The molecule has 0 bridgehead atoms. The van der Waals surface area contributed by atoms with Crippen molar-refractivity contribution >= 4 is 27.5 Å². The summed E-state index contributed by atoms with van der Waals surface area (Å²) < 4.78 is 2.02. The lowest BCUT2D eigenvalue weighted by molar-refractivity contribution is 0.100. The third-order valence-electron chi connectivity index (χ3n) is 3.32. The van der Waals surface area contributed by atoms with E-state index in [0.29, 0.717) is 4.88 Å². The highest BCUT2D eigenvalue weighted by Gasteiger charge is 2.14. The zero-order valence-corrected chi connectivity index (χ0v) is 12.4. The molecule has 2 rings (SSSR count). The summed E-state index contributed by atoms with van der Waals surface area (Å²) in [6.07, 6.45) is 6.23. The van der Waals surface area contributed by atoms with Gasteiger partial charge in [0.2, 0.25) is 0 Å². The predicted molar refractivity (Wildman–Crippen MR) is 79.6 cm³/mol. The average molecular weight is 279 g/mol. The smallest absolute Gasteiger partial charge is 0.258 e. The van der Waals surface area contributed by atoms with E-state index >= 15 is 0 Å². The van der Waals surface area contributed by atoms with Crippen LogP contribution in [-0.4, -0.2) is 15.7 Å². The van der Waals surface area contributed by atoms with E-state index in [0.717, 1.165) is 28.9 Å². The summed E-state index contributed by atoms with van der Waals surface area (Å²) >= 11 is 1.45. The van der Waals surface area contributed by atoms with Crippen molar-refractivity contribution in [3.63, 3.8) is 0 Å². The molecule has 0 aliphatic carbocycles. The van der Waals surface area contributed by atoms with Crippen molar-refractivity contribution in [3.8, 4) is 0 Å². The van der Waals surface area contributed by atoms with Gasteiger partial charge in [0.05, 0.1) is 10.6 Å². The van der Waals surface area contributed by atoms with E-state index in [4.69, 9.17) is 5.73 Å². The highest BCUT2D eigenvalue weighted by Crippen LogP contribution is 2.28. The second-order valence-electron chi connectivity index (χ2n) is 4.92. The molecule has 4 nitrogen and oxygen atoms in total. The standard InChI is InChI=1S/C14H21N3OS/c1-3-4-5-6-7-8-17-14-11(10(2)16-17)9-12(19-14)13(15)18/h9H,3-8H2,1-2H3,(H2,15,18). The van der Waals surface area contributed by atoms with Gasteiger partial charge in [-0.2, -0.15) is 5.10 Å². The van der Waals surface area contributed by atoms with E-state index in [9.17, 15) is 4.79 Å². The molecule has 2 aromatic rings. The zero-order valence-electron chi connectivity index (χ0n) is 11.6. The van der Waals surface area contributed by atoms with Crippen LogP contribution >= 0.6 is 11.3 Å². The Labute approximate surface area is 117 Å². The molecular weight excluding hydrogens is 258 g/mol. The first-order valence-corrected chi connectivity index (χ1v) is 7.72. The van der Waals surface area contributed by atoms with Gasteiger partial charge in [-0.1, -0.05) is 32.6 Å². The lowest BCUT2D eigenvalue weighted by atomic mass is 10.1. The molecule has 0 saturated heterocycles. The number of aryl methyl sites for hydroxylation is 2. The Morgan fingerprint density at radius 1 is 1.37 bits per heavy atom. The first-order chi connectivity index (χ1) is 9.13. The number of hydrogen-bond donors (Lipinski definition) is 1. The van der Waals surface area contributed by atoms with E-state index < -0.39 is 0 Å². The Morgan fingerprint density at radius 3 is 2.79 bits per heavy atom. The van der Waals surface area contributed by atoms with Gasteiger partial charge in [-0.15, -0.1) is 11.3 Å². The van der Waals surface area contributed by atoms with Crippen molar-refractivity contribution < 1.29 is 4.79 Å². The lowest BCUT2D eigenvalue weighted by Crippen LogP contribution is -2.08. The molecule has 104 valence electrons. The Balaban J connectivity index is 2.08. The molecular formula is C14H21N3OS. The first kappa shape index (κ1) is 14.1. The van der Waals surface area contributed by atoms with Gasteiger partial charge in [-0.3, -0.25) is 9.48 Å². The minimum atomic E-state index is -0.352. The summed E-state index contributed by atoms with van der Waals surface area (Å²) in [6, 6.07) is 1.86. The summed E-state index contributed by atoms with van der Waals surface area (Å²) in [6.45, 7) is 5.12. The maximum atomic E-state index is 11.2. The highest BCUT2D eigenvalue weighted by atomic mass is 32.1. The first-order valence-electron chi connectivity index (χ1n) is 6.90. The van der Waals surface area contributed by atoms with Gasteiger partial charge in [0, 0.05) is 11.9 Å². The summed E-state index contributed by atoms with van der Waals surface area (Å²) in [5, 5.41) is 5.61. The maximum Gasteiger partial charge on any atom is 0.258 e. The number of hydrogen-bond acceptors (Lipinski definition) is 3. The number of aromatic nitrogens is 2. The van der Waals surface area contributed by atoms with Crippen molar-refractivity contribution in [3.05, 3.63) is 16.6 Å². The molecule has 2 N–H and O–H groups in total. The van der Waals surface area contributed by atoms with Crippen LogP contribution in [0.15, 0.2) is 6.07 Å². The van der Waals surface area contributed by atoms with E-state index in [2.05, 4.69) is 12.0 Å². The van der Waals surface area contributed by atoms with Crippen LogP contribution < -0.4 is 5.73 Å². The lowest BCUT2D eigenvalue weighted by Gasteiger charge is -2.02. The van der Waals surface area contributed by atoms with Crippen LogP contribution in [0.4, 0.5) is 0 Å². The van der Waals surface area contributed by atoms with Crippen LogP contribution in [0.5, 0.6) is 0 Å². The van der Waals surface area contributed by atoms with E-state index in [1.807, 2.05) is 17.7 Å². The van der Waals surface area contributed by atoms with Crippen molar-refractivity contribution in [1.82, 2.24) is 9.78 Å². The van der Waals surface area contributed by atoms with E-state index in [1.165, 1.54) is 37.0 Å². The zero-order chi connectivity index (χ0) is 13.8. The second-order valence-corrected chi connectivity index (χ2v) is 5.95. The van der Waals surface area contributed by atoms with Crippen LogP contribution in [0, 0.1) is 6.92 Å². The average Bonchev–Trinajstić information content (AvgIpc) is 2.91. The van der Waals surface area contributed by atoms with Gasteiger partial charge in [0.1, 0.15) is 4.83 Å². The molecule has 0 aliphatic rings. The summed E-state index contributed by atoms with van der Waals surface area (Å²) in [4.78, 5) is 12.9. The number of rotatable bonds is 7. The molecule has 19 heavy (non-hydrogen) atoms. The molecule has 5 heteroatoms. The number of nitrogens with zero attached hydrogens (tertiary/aromatic N) is 2. The Morgan fingerprint density at radius 2 is 2.11 bits per heavy atom. The predicted octanol–water partition coefficient (Wildman–Crippen LogP) is 3.48. The molecule has 2 heterocycles. The molecule has 0 saturated carbocycles. The molecule has 0 spiro atoms. The number of unbranched alkanes of at least 4 members (excludes halogenated alkanes) is 4. The molecule has 0 radical (unpaired) electrons. The summed E-state index contributed by atoms with van der Waals surface area (Å²) in [5.74, 6) is -0.352. The quantitative estimate of drug-likeness (QED) is 0.789. The van der Waals surface area contributed by atoms with Crippen LogP contribution in [0.3, 0.4) is 0 Å². The summed E-state index contributed by atoms with van der Waals surface area (Å²) in [7, 11) is 0. The molecule has 0 atom stereocenters. The number of fused-ring (bicyclic) bond motifs is 1. The van der Waals surface area contributed by atoms with Crippen molar-refractivity contribution in [2.24, 2.45) is 5.73 Å². The molecule has 2 aromatic heterocycles. The third kappa shape index (κ3) is 3.15. The molecule has 0 aromatic carbocycles. The fourth-order valence-electron chi connectivity index (χ4n) is 2.25. The van der Waals surface area contributed by atoms with Crippen LogP contribution in [0.2, 0.25) is 0 Å².